The smallest absolute Gasteiger partial charge is 0.0876 e. The summed E-state index contributed by atoms with van der Waals surface area (Å²) in [6.45, 7) is 2.20. The van der Waals surface area contributed by atoms with Crippen molar-refractivity contribution in [2.75, 3.05) is 0 Å². The number of fused-ring (bicyclic) bond motifs is 2. The van der Waals surface area contributed by atoms with Crippen molar-refractivity contribution >= 4 is 54.5 Å². The van der Waals surface area contributed by atoms with Gasteiger partial charge in [0.15, 0.2) is 0 Å². The predicted molar refractivity (Wildman–Crippen MR) is 90.1 cm³/mol. The summed E-state index contributed by atoms with van der Waals surface area (Å²) in [6.07, 6.45) is 7.34. The zero-order valence-electron chi connectivity index (χ0n) is 10.4. The Balaban J connectivity index is 2.04. The van der Waals surface area contributed by atoms with Crippen LogP contribution in [0, 0.1) is 0 Å². The molecule has 2 fully saturated rings. The first-order valence-electron chi connectivity index (χ1n) is 6.50. The van der Waals surface area contributed by atoms with E-state index >= 15 is 0 Å². The predicted octanol–water partition coefficient (Wildman–Crippen LogP) is 4.58. The van der Waals surface area contributed by atoms with Gasteiger partial charge in [0.25, 0.3) is 0 Å². The first-order valence-corrected chi connectivity index (χ1v) is 9.57. The molecule has 0 unspecified atom stereocenters. The van der Waals surface area contributed by atoms with Crippen molar-refractivity contribution in [3.8, 4) is 0 Å². The summed E-state index contributed by atoms with van der Waals surface area (Å²) < 4.78 is 14.5. The molecule has 6 atom stereocenters. The van der Waals surface area contributed by atoms with Crippen molar-refractivity contribution in [3.05, 3.63) is 10.2 Å². The van der Waals surface area contributed by atoms with Crippen LogP contribution in [0.25, 0.3) is 0 Å². The van der Waals surface area contributed by atoms with Gasteiger partial charge in [0, 0.05) is 16.1 Å². The Morgan fingerprint density at radius 1 is 1.33 bits per heavy atom. The largest absolute Gasteiger partial charge is 0.371 e. The van der Waals surface area contributed by atoms with Gasteiger partial charge in [0.1, 0.15) is 0 Å². The molecule has 0 aromatic carbocycles. The minimum Gasteiger partial charge on any atom is -0.371 e. The third-order valence-corrected chi connectivity index (χ3v) is 6.40. The van der Waals surface area contributed by atoms with Crippen LogP contribution < -0.4 is 0 Å². The third kappa shape index (κ3) is 3.71. The summed E-state index contributed by atoms with van der Waals surface area (Å²) in [6, 6.07) is 0. The van der Waals surface area contributed by atoms with Crippen LogP contribution in [0.4, 0.5) is 0 Å². The Labute approximate surface area is 140 Å². The van der Waals surface area contributed by atoms with Crippen molar-refractivity contribution < 1.29 is 9.47 Å². The number of hydrogen-bond donors (Lipinski definition) is 0. The molecule has 0 N–H and O–H groups in total. The zero-order chi connectivity index (χ0) is 13.1. The summed E-state index contributed by atoms with van der Waals surface area (Å²) in [5.41, 5.74) is 0. The van der Waals surface area contributed by atoms with Gasteiger partial charge in [-0.15, -0.1) is 0 Å². The number of hydrogen-bond acceptors (Lipinski definition) is 2. The van der Waals surface area contributed by atoms with Crippen LogP contribution in [0.15, 0.2) is 10.2 Å². The monoisotopic (exact) mass is 492 g/mol. The summed E-state index contributed by atoms with van der Waals surface area (Å²) in [5.74, 6) is 0. The van der Waals surface area contributed by atoms with Crippen molar-refractivity contribution in [1.29, 1.82) is 0 Å². The van der Waals surface area contributed by atoms with E-state index < -0.39 is 0 Å². The fraction of sp³-hybridized carbons (Fsp3) is 0.846. The summed E-state index contributed by atoms with van der Waals surface area (Å²) >= 11 is 9.78. The Kier molecular flexibility index (Phi) is 6.45. The van der Waals surface area contributed by atoms with E-state index in [9.17, 15) is 0 Å². The van der Waals surface area contributed by atoms with Crippen LogP contribution in [-0.4, -0.2) is 34.1 Å². The first-order chi connectivity index (χ1) is 8.65. The lowest BCUT2D eigenvalue weighted by Gasteiger charge is -2.30. The lowest BCUT2D eigenvalue weighted by atomic mass is 10.1. The summed E-state index contributed by atoms with van der Waals surface area (Å²) in [5, 5.41) is 0. The van der Waals surface area contributed by atoms with Gasteiger partial charge in [0.2, 0.25) is 0 Å². The minimum absolute atomic E-state index is 0.223. The van der Waals surface area contributed by atoms with Gasteiger partial charge < -0.3 is 9.47 Å². The van der Waals surface area contributed by atoms with Crippen molar-refractivity contribution in [2.24, 2.45) is 0 Å². The normalized spacial score (nSPS) is 42.1. The van der Waals surface area contributed by atoms with Gasteiger partial charge >= 0.3 is 0 Å². The lowest BCUT2D eigenvalue weighted by Crippen LogP contribution is -2.36. The Hall–Kier alpha value is 1.35. The molecule has 0 aromatic heterocycles. The van der Waals surface area contributed by atoms with Gasteiger partial charge in [-0.3, -0.25) is 0 Å². The molecule has 0 amide bonds. The van der Waals surface area contributed by atoms with E-state index in [4.69, 9.17) is 9.47 Å². The van der Waals surface area contributed by atoms with E-state index in [0.29, 0.717) is 21.9 Å². The molecule has 2 rings (SSSR count). The SMILES string of the molecule is CC[C@H](Br)[C@H]1C[C@@H](Br)[C@H]2C[C@@H](O1)[C@@H](C/C=C\I)O2. The molecule has 0 radical (unpaired) electrons. The molecule has 2 aliphatic heterocycles. The van der Waals surface area contributed by atoms with Crippen LogP contribution in [-0.2, 0) is 9.47 Å². The minimum atomic E-state index is 0.223. The summed E-state index contributed by atoms with van der Waals surface area (Å²) in [4.78, 5) is 0.852. The fourth-order valence-corrected chi connectivity index (χ4v) is 4.01. The van der Waals surface area contributed by atoms with E-state index in [1.54, 1.807) is 0 Å². The molecule has 2 nitrogen and oxygen atoms in total. The molecule has 2 heterocycles. The number of alkyl halides is 2. The van der Waals surface area contributed by atoms with Crippen LogP contribution in [0.3, 0.4) is 0 Å². The molecular formula is C13H19Br2IO2. The molecule has 2 bridgehead atoms. The molecule has 2 saturated heterocycles. The molecule has 18 heavy (non-hydrogen) atoms. The van der Waals surface area contributed by atoms with Gasteiger partial charge in [-0.25, -0.2) is 0 Å². The van der Waals surface area contributed by atoms with Crippen LogP contribution in [0.2, 0.25) is 0 Å². The highest BCUT2D eigenvalue weighted by Crippen LogP contribution is 2.38. The average Bonchev–Trinajstić information content (AvgIpc) is 2.69. The van der Waals surface area contributed by atoms with E-state index in [0.717, 1.165) is 25.7 Å². The van der Waals surface area contributed by atoms with Crippen molar-refractivity contribution in [1.82, 2.24) is 0 Å². The molecular weight excluding hydrogens is 475 g/mol. The molecule has 0 aliphatic carbocycles. The summed E-state index contributed by atoms with van der Waals surface area (Å²) in [7, 11) is 0. The van der Waals surface area contributed by atoms with E-state index in [1.807, 2.05) is 0 Å². The van der Waals surface area contributed by atoms with E-state index in [2.05, 4.69) is 71.5 Å². The third-order valence-electron chi connectivity index (χ3n) is 3.69. The highest BCUT2D eigenvalue weighted by atomic mass is 127. The van der Waals surface area contributed by atoms with Gasteiger partial charge in [-0.2, -0.15) is 0 Å². The van der Waals surface area contributed by atoms with Crippen molar-refractivity contribution in [3.63, 3.8) is 0 Å². The number of ether oxygens (including phenoxy) is 2. The Morgan fingerprint density at radius 3 is 2.78 bits per heavy atom. The van der Waals surface area contributed by atoms with Crippen molar-refractivity contribution in [2.45, 2.75) is 66.7 Å². The number of rotatable bonds is 4. The standard InChI is InChI=1S/C13H19Br2IO2/c1-2-8(14)11-6-9(15)12-7-13(18-11)10(17-12)4-3-5-16/h3,5,8-13H,2,4,6-7H2,1H3/b5-3-/t8-,9+,10+,11+,12+,13+/m0/s1. The molecule has 0 aromatic rings. The van der Waals surface area contributed by atoms with E-state index in [-0.39, 0.29) is 12.2 Å². The topological polar surface area (TPSA) is 18.5 Å². The quantitative estimate of drug-likeness (QED) is 0.422. The molecule has 5 heteroatoms. The zero-order valence-corrected chi connectivity index (χ0v) is 15.7. The fourth-order valence-electron chi connectivity index (χ4n) is 2.67. The lowest BCUT2D eigenvalue weighted by molar-refractivity contribution is -0.0732. The van der Waals surface area contributed by atoms with E-state index in [1.165, 1.54) is 0 Å². The molecule has 0 saturated carbocycles. The molecule has 2 aliphatic rings. The highest BCUT2D eigenvalue weighted by molar-refractivity contribution is 14.1. The van der Waals surface area contributed by atoms with Gasteiger partial charge in [0.05, 0.1) is 24.4 Å². The average molecular weight is 494 g/mol. The van der Waals surface area contributed by atoms with Crippen LogP contribution >= 0.6 is 54.5 Å². The molecule has 104 valence electrons. The maximum atomic E-state index is 6.30. The second-order valence-corrected chi connectivity index (χ2v) is 8.01. The van der Waals surface area contributed by atoms with Crippen LogP contribution in [0.5, 0.6) is 0 Å². The number of halogens is 3. The molecule has 0 spiro atoms. The Bertz CT molecular complexity index is 301. The highest BCUT2D eigenvalue weighted by Gasteiger charge is 2.44. The maximum Gasteiger partial charge on any atom is 0.0876 e. The van der Waals surface area contributed by atoms with Gasteiger partial charge in [-0.1, -0.05) is 67.5 Å². The second kappa shape index (κ2) is 7.38. The van der Waals surface area contributed by atoms with Gasteiger partial charge in [-0.05, 0) is 23.3 Å². The second-order valence-electron chi connectivity index (χ2n) is 4.94. The first kappa shape index (κ1) is 15.7. The Morgan fingerprint density at radius 2 is 2.11 bits per heavy atom. The van der Waals surface area contributed by atoms with Crippen LogP contribution in [0.1, 0.15) is 32.6 Å². The maximum absolute atomic E-state index is 6.30.